The summed E-state index contributed by atoms with van der Waals surface area (Å²) < 4.78 is 5.22. The van der Waals surface area contributed by atoms with E-state index in [0.717, 1.165) is 17.7 Å². The van der Waals surface area contributed by atoms with E-state index in [4.69, 9.17) is 4.74 Å². The van der Waals surface area contributed by atoms with Crippen molar-refractivity contribution in [3.05, 3.63) is 35.4 Å². The SMILES string of the molecule is C[C@H](OC(=O)[C@H](C)N1C(=O)c2ccccc2C1=O)C(=O)N1CCCC1. The van der Waals surface area contributed by atoms with Crippen molar-refractivity contribution in [2.75, 3.05) is 13.1 Å². The lowest BCUT2D eigenvalue weighted by molar-refractivity contribution is -0.161. The Balaban J connectivity index is 1.68. The highest BCUT2D eigenvalue weighted by atomic mass is 16.5. The number of amides is 3. The molecule has 1 saturated heterocycles. The van der Waals surface area contributed by atoms with Crippen molar-refractivity contribution in [1.29, 1.82) is 0 Å². The van der Waals surface area contributed by atoms with Gasteiger partial charge in [-0.25, -0.2) is 4.79 Å². The van der Waals surface area contributed by atoms with Crippen LogP contribution < -0.4 is 0 Å². The summed E-state index contributed by atoms with van der Waals surface area (Å²) >= 11 is 0. The third-order valence-corrected chi connectivity index (χ3v) is 4.61. The number of hydrogen-bond donors (Lipinski definition) is 0. The topological polar surface area (TPSA) is 84.0 Å². The number of esters is 1. The van der Waals surface area contributed by atoms with E-state index in [2.05, 4.69) is 0 Å². The summed E-state index contributed by atoms with van der Waals surface area (Å²) in [5.41, 5.74) is 0.543. The molecule has 0 saturated carbocycles. The van der Waals surface area contributed by atoms with Crippen LogP contribution in [0.3, 0.4) is 0 Å². The van der Waals surface area contributed by atoms with Crippen molar-refractivity contribution in [2.24, 2.45) is 0 Å². The molecular formula is C18H20N2O5. The lowest BCUT2D eigenvalue weighted by Crippen LogP contribution is -2.46. The van der Waals surface area contributed by atoms with Crippen LogP contribution in [0.2, 0.25) is 0 Å². The van der Waals surface area contributed by atoms with Crippen LogP contribution in [0.1, 0.15) is 47.4 Å². The number of carbonyl (C=O) groups is 4. The van der Waals surface area contributed by atoms with Crippen LogP contribution in [0.4, 0.5) is 0 Å². The second-order valence-electron chi connectivity index (χ2n) is 6.31. The molecule has 2 heterocycles. The smallest absolute Gasteiger partial charge is 0.329 e. The number of carbonyl (C=O) groups excluding carboxylic acids is 4. The minimum atomic E-state index is -1.10. The predicted octanol–water partition coefficient (Wildman–Crippen LogP) is 1.23. The van der Waals surface area contributed by atoms with Crippen LogP contribution in [-0.2, 0) is 14.3 Å². The van der Waals surface area contributed by atoms with Gasteiger partial charge in [-0.1, -0.05) is 12.1 Å². The van der Waals surface area contributed by atoms with E-state index in [1.165, 1.54) is 13.8 Å². The Morgan fingerprint density at radius 2 is 1.52 bits per heavy atom. The summed E-state index contributed by atoms with van der Waals surface area (Å²) in [6.07, 6.45) is 0.943. The fourth-order valence-electron chi connectivity index (χ4n) is 3.18. The van der Waals surface area contributed by atoms with Gasteiger partial charge in [-0.05, 0) is 38.8 Å². The van der Waals surface area contributed by atoms with Gasteiger partial charge in [0.1, 0.15) is 6.04 Å². The summed E-state index contributed by atoms with van der Waals surface area (Å²) in [6, 6.07) is 5.32. The molecule has 0 radical (unpaired) electrons. The van der Waals surface area contributed by atoms with E-state index < -0.39 is 29.9 Å². The summed E-state index contributed by atoms with van der Waals surface area (Å²) in [6.45, 7) is 4.26. The van der Waals surface area contributed by atoms with Gasteiger partial charge in [-0.3, -0.25) is 19.3 Å². The molecule has 2 aliphatic heterocycles. The molecule has 0 bridgehead atoms. The molecule has 0 aromatic heterocycles. The zero-order chi connectivity index (χ0) is 18.1. The second kappa shape index (κ2) is 6.66. The lowest BCUT2D eigenvalue weighted by Gasteiger charge is -2.24. The summed E-state index contributed by atoms with van der Waals surface area (Å²) in [5.74, 6) is -2.07. The molecule has 25 heavy (non-hydrogen) atoms. The number of benzene rings is 1. The highest BCUT2D eigenvalue weighted by molar-refractivity contribution is 6.22. The molecule has 0 spiro atoms. The van der Waals surface area contributed by atoms with Gasteiger partial charge in [-0.2, -0.15) is 0 Å². The van der Waals surface area contributed by atoms with E-state index in [1.807, 2.05) is 0 Å². The molecule has 1 aromatic rings. The number of ether oxygens (including phenoxy) is 1. The summed E-state index contributed by atoms with van der Waals surface area (Å²) in [5, 5.41) is 0. The van der Waals surface area contributed by atoms with Crippen molar-refractivity contribution < 1.29 is 23.9 Å². The van der Waals surface area contributed by atoms with Crippen molar-refractivity contribution in [1.82, 2.24) is 9.80 Å². The van der Waals surface area contributed by atoms with Gasteiger partial charge < -0.3 is 9.64 Å². The van der Waals surface area contributed by atoms with Crippen LogP contribution in [0.25, 0.3) is 0 Å². The first kappa shape index (κ1) is 17.1. The van der Waals surface area contributed by atoms with Crippen LogP contribution in [0, 0.1) is 0 Å². The van der Waals surface area contributed by atoms with Gasteiger partial charge in [-0.15, -0.1) is 0 Å². The molecule has 132 valence electrons. The number of imide groups is 1. The molecule has 2 atom stereocenters. The quantitative estimate of drug-likeness (QED) is 0.606. The van der Waals surface area contributed by atoms with Gasteiger partial charge >= 0.3 is 5.97 Å². The molecule has 0 aliphatic carbocycles. The Labute approximate surface area is 145 Å². The van der Waals surface area contributed by atoms with Crippen LogP contribution in [0.15, 0.2) is 24.3 Å². The zero-order valence-corrected chi connectivity index (χ0v) is 14.2. The van der Waals surface area contributed by atoms with Crippen molar-refractivity contribution in [2.45, 2.75) is 38.8 Å². The highest BCUT2D eigenvalue weighted by Gasteiger charge is 2.42. The third kappa shape index (κ3) is 3.01. The normalized spacial score (nSPS) is 19.0. The first-order valence-corrected chi connectivity index (χ1v) is 8.38. The maximum atomic E-state index is 12.4. The fourth-order valence-corrected chi connectivity index (χ4v) is 3.18. The average molecular weight is 344 g/mol. The van der Waals surface area contributed by atoms with E-state index >= 15 is 0 Å². The molecule has 0 unspecified atom stereocenters. The van der Waals surface area contributed by atoms with E-state index in [0.29, 0.717) is 13.1 Å². The number of nitrogens with zero attached hydrogens (tertiary/aromatic N) is 2. The number of fused-ring (bicyclic) bond motifs is 1. The lowest BCUT2D eigenvalue weighted by atomic mass is 10.1. The maximum absolute atomic E-state index is 12.4. The molecule has 7 heteroatoms. The van der Waals surface area contributed by atoms with Crippen molar-refractivity contribution >= 4 is 23.7 Å². The monoisotopic (exact) mass is 344 g/mol. The summed E-state index contributed by atoms with van der Waals surface area (Å²) in [4.78, 5) is 52.0. The molecule has 1 fully saturated rings. The molecule has 2 aliphatic rings. The minimum absolute atomic E-state index is 0.250. The zero-order valence-electron chi connectivity index (χ0n) is 14.2. The predicted molar refractivity (Wildman–Crippen MR) is 87.8 cm³/mol. The summed E-state index contributed by atoms with van der Waals surface area (Å²) in [7, 11) is 0. The molecule has 3 rings (SSSR count). The Morgan fingerprint density at radius 1 is 1.00 bits per heavy atom. The third-order valence-electron chi connectivity index (χ3n) is 4.61. The van der Waals surface area contributed by atoms with Gasteiger partial charge in [0.2, 0.25) is 0 Å². The average Bonchev–Trinajstić information content (AvgIpc) is 3.22. The van der Waals surface area contributed by atoms with Crippen LogP contribution in [-0.4, -0.2) is 58.7 Å². The minimum Gasteiger partial charge on any atom is -0.451 e. The largest absolute Gasteiger partial charge is 0.451 e. The second-order valence-corrected chi connectivity index (χ2v) is 6.31. The molecule has 3 amide bonds. The van der Waals surface area contributed by atoms with E-state index in [1.54, 1.807) is 29.2 Å². The molecular weight excluding hydrogens is 324 g/mol. The molecule has 0 N–H and O–H groups in total. The molecule has 1 aromatic carbocycles. The number of likely N-dealkylation sites (tertiary alicyclic amines) is 1. The molecule has 7 nitrogen and oxygen atoms in total. The number of hydrogen-bond acceptors (Lipinski definition) is 5. The number of rotatable bonds is 4. The Hall–Kier alpha value is -2.70. The highest BCUT2D eigenvalue weighted by Crippen LogP contribution is 2.25. The Kier molecular flexibility index (Phi) is 4.57. The van der Waals surface area contributed by atoms with E-state index in [9.17, 15) is 19.2 Å². The van der Waals surface area contributed by atoms with Gasteiger partial charge in [0, 0.05) is 13.1 Å². The Bertz CT molecular complexity index is 704. The van der Waals surface area contributed by atoms with Gasteiger partial charge in [0.25, 0.3) is 17.7 Å². The fraction of sp³-hybridized carbons (Fsp3) is 0.444. The van der Waals surface area contributed by atoms with Crippen molar-refractivity contribution in [3.8, 4) is 0 Å². The van der Waals surface area contributed by atoms with Crippen molar-refractivity contribution in [3.63, 3.8) is 0 Å². The van der Waals surface area contributed by atoms with Gasteiger partial charge in [0.15, 0.2) is 6.10 Å². The maximum Gasteiger partial charge on any atom is 0.329 e. The standard InChI is InChI=1S/C18H20N2O5/c1-11(18(24)25-12(2)15(21)19-9-5-6-10-19)20-16(22)13-7-3-4-8-14(13)17(20)23/h3-4,7-8,11-12H,5-6,9-10H2,1-2H3/t11-,12-/m0/s1. The first-order chi connectivity index (χ1) is 11.9. The first-order valence-electron chi connectivity index (χ1n) is 8.38. The van der Waals surface area contributed by atoms with E-state index in [-0.39, 0.29) is 17.0 Å². The van der Waals surface area contributed by atoms with Crippen LogP contribution in [0.5, 0.6) is 0 Å². The van der Waals surface area contributed by atoms with Crippen LogP contribution >= 0.6 is 0 Å². The Morgan fingerprint density at radius 3 is 2.04 bits per heavy atom. The van der Waals surface area contributed by atoms with Gasteiger partial charge in [0.05, 0.1) is 11.1 Å².